The average Bonchev–Trinajstić information content (AvgIpc) is 3.47. The summed E-state index contributed by atoms with van der Waals surface area (Å²) in [5.74, 6) is -1.81. The van der Waals surface area contributed by atoms with Gasteiger partial charge in [0.15, 0.2) is 6.10 Å². The Labute approximate surface area is 368 Å². The quantitative estimate of drug-likeness (QED) is 0.0179. The zero-order chi connectivity index (χ0) is 45.2. The molecule has 0 aromatic carbocycles. The van der Waals surface area contributed by atoms with E-state index in [2.05, 4.69) is 44.2 Å². The minimum Gasteiger partial charge on any atom is -0.462 e. The number of carbonyl (C=O) groups excluding carboxylic acids is 3. The van der Waals surface area contributed by atoms with Crippen molar-refractivity contribution in [3.05, 3.63) is 60.8 Å². The number of aliphatic hydroxyl groups excluding tert-OH is 2. The highest BCUT2D eigenvalue weighted by Crippen LogP contribution is 2.43. The Hall–Kier alpha value is -2.70. The number of hydrogen-bond acceptors (Lipinski definition) is 10. The van der Waals surface area contributed by atoms with Gasteiger partial charge in [-0.1, -0.05) is 126 Å². The fraction of sp³-hybridized carbons (Fsp3) is 0.729. The number of aliphatic hydroxyl groups is 2. The van der Waals surface area contributed by atoms with E-state index in [-0.39, 0.29) is 50.1 Å². The Morgan fingerprint density at radius 1 is 0.770 bits per heavy atom. The lowest BCUT2D eigenvalue weighted by Gasteiger charge is -2.24. The molecule has 0 radical (unpaired) electrons. The molecule has 0 aromatic heterocycles. The molecule has 350 valence electrons. The number of rotatable bonds is 37. The van der Waals surface area contributed by atoms with Crippen LogP contribution in [-0.2, 0) is 37.5 Å². The number of phosphoric acid groups is 1. The molecule has 12 nitrogen and oxygen atoms in total. The van der Waals surface area contributed by atoms with Gasteiger partial charge < -0.3 is 29.1 Å². The van der Waals surface area contributed by atoms with Gasteiger partial charge in [-0.2, -0.15) is 0 Å². The molecule has 13 heteroatoms. The van der Waals surface area contributed by atoms with Gasteiger partial charge in [0.25, 0.3) is 0 Å². The molecule has 1 fully saturated rings. The summed E-state index contributed by atoms with van der Waals surface area (Å²) >= 11 is 0. The Morgan fingerprint density at radius 3 is 2.00 bits per heavy atom. The maximum absolute atomic E-state index is 12.8. The molecule has 1 saturated carbocycles. The molecule has 0 amide bonds. The topological polar surface area (TPSA) is 166 Å². The molecule has 1 aliphatic carbocycles. The van der Waals surface area contributed by atoms with E-state index in [1.807, 2.05) is 39.4 Å². The lowest BCUT2D eigenvalue weighted by atomic mass is 9.90. The minimum absolute atomic E-state index is 0.0103. The van der Waals surface area contributed by atoms with Crippen LogP contribution in [0.15, 0.2) is 60.8 Å². The van der Waals surface area contributed by atoms with Crippen LogP contribution in [0.1, 0.15) is 149 Å². The van der Waals surface area contributed by atoms with Gasteiger partial charge in [-0.3, -0.25) is 23.4 Å². The maximum atomic E-state index is 12.8. The number of Topliss-reactive ketones (excluding diaryl/α,β-unsaturated/α-hetero) is 1. The number of allylic oxidation sites excluding steroid dienone is 8. The second-order valence-electron chi connectivity index (χ2n) is 17.2. The smallest absolute Gasteiger partial charge is 0.462 e. The summed E-state index contributed by atoms with van der Waals surface area (Å²) < 4.78 is 34.2. The van der Waals surface area contributed by atoms with Crippen LogP contribution in [0.25, 0.3) is 0 Å². The fourth-order valence-corrected chi connectivity index (χ4v) is 7.40. The van der Waals surface area contributed by atoms with E-state index in [0.717, 1.165) is 38.5 Å². The number of ether oxygens (including phenoxy) is 2. The third-order valence-corrected chi connectivity index (χ3v) is 11.4. The van der Waals surface area contributed by atoms with Crippen LogP contribution in [0.5, 0.6) is 0 Å². The van der Waals surface area contributed by atoms with Crippen LogP contribution < -0.4 is 0 Å². The highest BCUT2D eigenvalue weighted by molar-refractivity contribution is 7.47. The molecule has 61 heavy (non-hydrogen) atoms. The second kappa shape index (κ2) is 34.7. The Morgan fingerprint density at radius 2 is 1.34 bits per heavy atom. The Balaban J connectivity index is 2.54. The SMILES string of the molecule is CCCCCCCC/C=C\C/C=C\C/C=C\CCCC(=O)OC[C@H](COP(=O)(O)OCC[N+](C)(C)C)OC(=O)CCC/C=C\C[C@H]1C(=O)C[C@@H](O)[C@@H]1/C=C/[C@@H](O)CCCCC. The molecule has 1 unspecified atom stereocenters. The van der Waals surface area contributed by atoms with Gasteiger partial charge in [-0.15, -0.1) is 0 Å². The zero-order valence-corrected chi connectivity index (χ0v) is 39.2. The van der Waals surface area contributed by atoms with Crippen molar-refractivity contribution in [1.82, 2.24) is 0 Å². The lowest BCUT2D eigenvalue weighted by molar-refractivity contribution is -0.870. The number of phosphoric ester groups is 1. The van der Waals surface area contributed by atoms with Gasteiger partial charge in [0.2, 0.25) is 0 Å². The molecule has 0 saturated heterocycles. The Kier molecular flexibility index (Phi) is 32.1. The summed E-state index contributed by atoms with van der Waals surface area (Å²) in [5, 5.41) is 20.7. The van der Waals surface area contributed by atoms with Crippen molar-refractivity contribution in [3.8, 4) is 0 Å². The van der Waals surface area contributed by atoms with Crippen LogP contribution in [-0.4, -0.2) is 103 Å². The molecular weight excluding hydrogens is 797 g/mol. The van der Waals surface area contributed by atoms with Crippen molar-refractivity contribution in [2.45, 2.75) is 167 Å². The zero-order valence-electron chi connectivity index (χ0n) is 38.3. The van der Waals surface area contributed by atoms with Crippen LogP contribution in [0.4, 0.5) is 0 Å². The van der Waals surface area contributed by atoms with Crippen molar-refractivity contribution in [1.29, 1.82) is 0 Å². The molecule has 0 heterocycles. The number of esters is 2. The first-order valence-corrected chi connectivity index (χ1v) is 24.6. The second-order valence-corrected chi connectivity index (χ2v) is 18.7. The van der Waals surface area contributed by atoms with Crippen LogP contribution >= 0.6 is 7.82 Å². The standard InChI is InChI=1S/C48H82NO11P/c1-6-8-10-11-12-13-14-15-16-17-18-19-20-21-22-23-28-32-47(53)57-39-42(40-59-61(55,56)58-37-36-49(3,4)5)60-48(54)33-29-25-24-27-31-43-44(46(52)38-45(43)51)35-34-41(50)30-26-9-7-2/h15-16,18-19,21-22,24,27,34-35,41-44,46,50,52H,6-14,17,20,23,25-26,28-33,36-40H2,1-5H3/p+1/b16-15-,19-18-,22-21-,27-24-,35-34+/t41-,42+,43+,44+,46+/m0/s1. The molecule has 3 N–H and O–H groups in total. The lowest BCUT2D eigenvalue weighted by Crippen LogP contribution is -2.37. The molecule has 0 spiro atoms. The molecule has 0 bridgehead atoms. The summed E-state index contributed by atoms with van der Waals surface area (Å²) in [6.45, 7) is 3.92. The summed E-state index contributed by atoms with van der Waals surface area (Å²) in [4.78, 5) is 48.2. The number of quaternary nitrogens is 1. The number of unbranched alkanes of at least 4 members (excludes halogenated alkanes) is 10. The maximum Gasteiger partial charge on any atom is 0.472 e. The van der Waals surface area contributed by atoms with E-state index in [9.17, 15) is 34.1 Å². The van der Waals surface area contributed by atoms with E-state index < -0.39 is 44.7 Å². The average molecular weight is 881 g/mol. The van der Waals surface area contributed by atoms with Crippen LogP contribution in [0.2, 0.25) is 0 Å². The van der Waals surface area contributed by atoms with Crippen molar-refractivity contribution in [2.24, 2.45) is 11.8 Å². The van der Waals surface area contributed by atoms with E-state index >= 15 is 0 Å². The predicted molar refractivity (Wildman–Crippen MR) is 243 cm³/mol. The van der Waals surface area contributed by atoms with Crippen molar-refractivity contribution in [3.63, 3.8) is 0 Å². The first kappa shape index (κ1) is 56.3. The monoisotopic (exact) mass is 881 g/mol. The first-order valence-electron chi connectivity index (χ1n) is 23.1. The molecule has 1 rings (SSSR count). The molecule has 0 aromatic rings. The van der Waals surface area contributed by atoms with Gasteiger partial charge >= 0.3 is 19.8 Å². The van der Waals surface area contributed by atoms with E-state index in [0.29, 0.717) is 49.6 Å². The van der Waals surface area contributed by atoms with Gasteiger partial charge in [0.05, 0.1) is 40.0 Å². The largest absolute Gasteiger partial charge is 0.472 e. The number of likely N-dealkylation sites (N-methyl/N-ethyl adjacent to an activating group) is 1. The van der Waals surface area contributed by atoms with Crippen molar-refractivity contribution >= 4 is 25.5 Å². The third kappa shape index (κ3) is 31.7. The van der Waals surface area contributed by atoms with E-state index in [1.54, 1.807) is 12.2 Å². The summed E-state index contributed by atoms with van der Waals surface area (Å²) in [6, 6.07) is 0. The highest BCUT2D eigenvalue weighted by Gasteiger charge is 2.39. The number of nitrogens with zero attached hydrogens (tertiary/aromatic N) is 1. The van der Waals surface area contributed by atoms with Crippen LogP contribution in [0, 0.1) is 11.8 Å². The molecule has 6 atom stereocenters. The van der Waals surface area contributed by atoms with Gasteiger partial charge in [-0.25, -0.2) is 4.57 Å². The normalized spacial score (nSPS) is 19.5. The van der Waals surface area contributed by atoms with Gasteiger partial charge in [0.1, 0.15) is 25.5 Å². The molecule has 1 aliphatic rings. The first-order chi connectivity index (χ1) is 29.2. The summed E-state index contributed by atoms with van der Waals surface area (Å²) in [7, 11) is 1.28. The third-order valence-electron chi connectivity index (χ3n) is 10.4. The number of ketones is 1. The predicted octanol–water partition coefficient (Wildman–Crippen LogP) is 9.83. The van der Waals surface area contributed by atoms with Gasteiger partial charge in [0, 0.05) is 31.1 Å². The molecular formula is C48H83NO11P+. The highest BCUT2D eigenvalue weighted by atomic mass is 31.2. The minimum atomic E-state index is -4.47. The molecule has 0 aliphatic heterocycles. The summed E-state index contributed by atoms with van der Waals surface area (Å²) in [6.07, 6.45) is 35.0. The summed E-state index contributed by atoms with van der Waals surface area (Å²) in [5.41, 5.74) is 0. The van der Waals surface area contributed by atoms with Gasteiger partial charge in [-0.05, 0) is 64.2 Å². The van der Waals surface area contributed by atoms with Crippen molar-refractivity contribution < 1.29 is 57.1 Å². The van der Waals surface area contributed by atoms with E-state index in [4.69, 9.17) is 18.5 Å². The number of hydrogen-bond donors (Lipinski definition) is 3. The fourth-order valence-electron chi connectivity index (χ4n) is 6.66. The van der Waals surface area contributed by atoms with Crippen LogP contribution in [0.3, 0.4) is 0 Å². The number of carbonyl (C=O) groups is 3. The van der Waals surface area contributed by atoms with Crippen molar-refractivity contribution in [2.75, 3.05) is 47.5 Å². The Bertz CT molecular complexity index is 1390. The van der Waals surface area contributed by atoms with E-state index in [1.165, 1.54) is 38.5 Å².